The van der Waals surface area contributed by atoms with Gasteiger partial charge in [0, 0.05) is 46.6 Å². The molecule has 8 bridgehead atoms. The van der Waals surface area contributed by atoms with Crippen molar-refractivity contribution < 1.29 is 93.1 Å². The number of carbonyl (C=O) groups excluding carboxylic acids is 8. The number of alkyl halides is 6. The molecule has 9 aliphatic rings. The molecule has 0 amide bonds. The molecule has 14 nitrogen and oxygen atoms in total. The van der Waals surface area contributed by atoms with Gasteiger partial charge in [0.05, 0.1) is 11.1 Å². The Labute approximate surface area is 509 Å². The third-order valence-electron chi connectivity index (χ3n) is 25.1. The molecule has 88 heavy (non-hydrogen) atoms. The Balaban J connectivity index is 0.932. The van der Waals surface area contributed by atoms with E-state index in [2.05, 4.69) is 13.8 Å². The summed E-state index contributed by atoms with van der Waals surface area (Å²) in [4.78, 5) is 106. The quantitative estimate of drug-likeness (QED) is 0.105. The fraction of sp³-hybridized carbons (Fsp3) is 0.706. The molecule has 2 aromatic carbocycles. The summed E-state index contributed by atoms with van der Waals surface area (Å²) in [5.41, 5.74) is -2.38. The lowest BCUT2D eigenvalue weighted by Crippen LogP contribution is -2.64. The first-order valence-electron chi connectivity index (χ1n) is 32.0. The van der Waals surface area contributed by atoms with Crippen molar-refractivity contribution in [3.05, 3.63) is 70.8 Å². The largest absolute Gasteiger partial charge is 0.490 e. The maximum Gasteiger partial charge on any atom is 0.490 e. The molecule has 0 aromatic heterocycles. The third-order valence-corrected chi connectivity index (χ3v) is 25.1. The first kappa shape index (κ1) is 63.7. The van der Waals surface area contributed by atoms with E-state index in [1.807, 2.05) is 27.7 Å². The van der Waals surface area contributed by atoms with Crippen LogP contribution in [0.3, 0.4) is 0 Å². The minimum Gasteiger partial charge on any atom is -0.462 e. The van der Waals surface area contributed by atoms with Crippen LogP contribution in [0.4, 0.5) is 26.3 Å². The molecular formula is C68H82F6O14. The predicted molar refractivity (Wildman–Crippen MR) is 302 cm³/mol. The Kier molecular flexibility index (Phi) is 17.2. The van der Waals surface area contributed by atoms with Crippen LogP contribution in [0.5, 0.6) is 0 Å². The summed E-state index contributed by atoms with van der Waals surface area (Å²) in [6, 6.07) is 12.3. The summed E-state index contributed by atoms with van der Waals surface area (Å²) in [5.74, 6) is -11.3. The lowest BCUT2D eigenvalue weighted by molar-refractivity contribution is -0.243. The Hall–Kier alpha value is -5.82. The zero-order valence-electron chi connectivity index (χ0n) is 50.9. The molecule has 1 aliphatic heterocycles. The first-order chi connectivity index (χ1) is 41.5. The van der Waals surface area contributed by atoms with E-state index in [1.165, 1.54) is 12.1 Å². The highest BCUT2D eigenvalue weighted by Gasteiger charge is 2.71. The number of esters is 6. The molecule has 480 valence electrons. The van der Waals surface area contributed by atoms with Crippen molar-refractivity contribution in [1.29, 1.82) is 0 Å². The number of aldehydes is 2. The number of halogens is 6. The van der Waals surface area contributed by atoms with Gasteiger partial charge >= 0.3 is 48.2 Å². The van der Waals surface area contributed by atoms with Gasteiger partial charge in [-0.1, -0.05) is 65.8 Å². The van der Waals surface area contributed by atoms with Crippen LogP contribution < -0.4 is 0 Å². The summed E-state index contributed by atoms with van der Waals surface area (Å²) < 4.78 is 124. The van der Waals surface area contributed by atoms with Crippen LogP contribution in [0.15, 0.2) is 48.5 Å². The number of rotatable bonds is 8. The number of carbonyl (C=O) groups is 8. The van der Waals surface area contributed by atoms with E-state index >= 15 is 0 Å². The number of ether oxygens (including phenoxy) is 6. The van der Waals surface area contributed by atoms with Gasteiger partial charge in [-0.15, -0.1) is 0 Å². The summed E-state index contributed by atoms with van der Waals surface area (Å²) in [6.45, 7) is 11.9. The van der Waals surface area contributed by atoms with Gasteiger partial charge in [0.1, 0.15) is 49.2 Å². The van der Waals surface area contributed by atoms with Crippen molar-refractivity contribution in [2.45, 2.75) is 206 Å². The first-order valence-corrected chi connectivity index (χ1v) is 32.0. The summed E-state index contributed by atoms with van der Waals surface area (Å²) >= 11 is 0. The van der Waals surface area contributed by atoms with Crippen molar-refractivity contribution in [1.82, 2.24) is 0 Å². The van der Waals surface area contributed by atoms with E-state index in [4.69, 9.17) is 28.4 Å². The van der Waals surface area contributed by atoms with Crippen molar-refractivity contribution in [2.24, 2.45) is 92.7 Å². The van der Waals surface area contributed by atoms with E-state index < -0.39 is 142 Å². The molecule has 0 N–H and O–H groups in total. The van der Waals surface area contributed by atoms with Gasteiger partial charge in [-0.05, 0) is 197 Å². The average Bonchev–Trinajstić information content (AvgIpc) is 1.31. The minimum absolute atomic E-state index is 0.0328. The smallest absolute Gasteiger partial charge is 0.462 e. The zero-order valence-corrected chi connectivity index (χ0v) is 50.9. The molecule has 0 unspecified atom stereocenters. The lowest BCUT2D eigenvalue weighted by atomic mass is 9.43. The van der Waals surface area contributed by atoms with Crippen LogP contribution in [0.2, 0.25) is 0 Å². The second-order valence-electron chi connectivity index (χ2n) is 29.0. The molecule has 9 fully saturated rings. The number of fused-ring (bicyclic) bond motifs is 4. The second-order valence-corrected chi connectivity index (χ2v) is 29.0. The van der Waals surface area contributed by atoms with Gasteiger partial charge in [-0.2, -0.15) is 26.3 Å². The molecule has 0 spiro atoms. The highest BCUT2D eigenvalue weighted by molar-refractivity contribution is 5.92. The number of hydrogen-bond acceptors (Lipinski definition) is 14. The molecule has 8 aliphatic carbocycles. The van der Waals surface area contributed by atoms with Crippen molar-refractivity contribution in [3.63, 3.8) is 0 Å². The van der Waals surface area contributed by atoms with Crippen molar-refractivity contribution in [2.75, 3.05) is 0 Å². The standard InChI is InChI=1S/C68H82F6O14/c1-35-13-19-55(77)85-52-30-42-28-44(84-60(80)40-12-8-10-38(26-40)34-76)22-24-64(42,4)50-32-54(88-62(82)68(72,73)74)66(6)46(16-18-48(66)58(50)52)36(2)14-20-56(78)86-51-29-41-27-43(83-59(79)39-11-7-9-37(25-39)33-75)21-23-63(41,3)49-31-53(87-61(81)67(69,70)71)65(5)45(35)15-17-47(65)57(49)51/h7-12,25-26,33-36,41-54,57-58H,13-24,27-32H2,1-6H3/t35-,36-,41+,42+,43-,44-,45-,46-,47+,48+,49+,50+,51-,52-,53+,54+,57+,58+,63+,64+,65-,66-/m1/s1. The van der Waals surface area contributed by atoms with Crippen LogP contribution in [-0.2, 0) is 47.6 Å². The lowest BCUT2D eigenvalue weighted by Gasteiger charge is -2.64. The fourth-order valence-corrected chi connectivity index (χ4v) is 20.8. The predicted octanol–water partition coefficient (Wildman–Crippen LogP) is 13.4. The Morgan fingerprint density at radius 1 is 0.500 bits per heavy atom. The third kappa shape index (κ3) is 11.4. The van der Waals surface area contributed by atoms with E-state index in [1.54, 1.807) is 36.4 Å². The molecule has 20 heteroatoms. The molecule has 8 saturated carbocycles. The Bertz CT molecular complexity index is 2860. The van der Waals surface area contributed by atoms with Gasteiger partial charge in [0.2, 0.25) is 0 Å². The van der Waals surface area contributed by atoms with Gasteiger partial charge < -0.3 is 28.4 Å². The van der Waals surface area contributed by atoms with E-state index in [0.717, 1.165) is 0 Å². The summed E-state index contributed by atoms with van der Waals surface area (Å²) in [5, 5.41) is 0. The van der Waals surface area contributed by atoms with Crippen LogP contribution in [-0.4, -0.2) is 97.4 Å². The second kappa shape index (κ2) is 23.8. The Morgan fingerprint density at radius 3 is 1.24 bits per heavy atom. The molecule has 1 saturated heterocycles. The molecule has 1 heterocycles. The van der Waals surface area contributed by atoms with E-state index in [-0.39, 0.29) is 85.2 Å². The Morgan fingerprint density at radius 2 is 0.875 bits per heavy atom. The van der Waals surface area contributed by atoms with Crippen LogP contribution in [0.1, 0.15) is 199 Å². The van der Waals surface area contributed by atoms with Crippen LogP contribution in [0, 0.1) is 92.7 Å². The molecule has 2 aromatic rings. The highest BCUT2D eigenvalue weighted by Crippen LogP contribution is 2.72. The van der Waals surface area contributed by atoms with Crippen molar-refractivity contribution >= 4 is 48.4 Å². The fourth-order valence-electron chi connectivity index (χ4n) is 20.8. The van der Waals surface area contributed by atoms with Crippen LogP contribution >= 0.6 is 0 Å². The summed E-state index contributed by atoms with van der Waals surface area (Å²) in [7, 11) is 0. The average molecular weight is 1240 g/mol. The van der Waals surface area contributed by atoms with Gasteiger partial charge in [0.25, 0.3) is 0 Å². The summed E-state index contributed by atoms with van der Waals surface area (Å²) in [6.07, 6.45) is -8.84. The van der Waals surface area contributed by atoms with Crippen LogP contribution in [0.25, 0.3) is 0 Å². The monoisotopic (exact) mass is 1240 g/mol. The van der Waals surface area contributed by atoms with Gasteiger partial charge in [-0.25, -0.2) is 19.2 Å². The maximum atomic E-state index is 14.8. The van der Waals surface area contributed by atoms with E-state index in [9.17, 15) is 64.7 Å². The SMILES string of the molecule is C[C@@H]1CCC(=O)O[C@@H]2C[C@@H]3C[C@H](OC(=O)c4cccc(C=O)c4)CC[C@]3(C)[C@H]3C[C@H](OC(=O)C(F)(F)F)[C@]4(C)[C@H](CC[C@H]4[C@H]23)[C@H](C)CCC(=O)O[C@@H]2C[C@@H]3C[C@H](OC(=O)c4cccc(C=O)c4)CC[C@]3(C)[C@H]3C[C@H](OC(=O)C(F)(F)F)[C@]4(C)[C@@H]1CC[C@H]4[C@H]23. The van der Waals surface area contributed by atoms with Crippen molar-refractivity contribution in [3.8, 4) is 0 Å². The molecular weight excluding hydrogens is 1150 g/mol. The van der Waals surface area contributed by atoms with Gasteiger partial charge in [0.15, 0.2) is 0 Å². The zero-order chi connectivity index (χ0) is 63.2. The van der Waals surface area contributed by atoms with Gasteiger partial charge in [-0.3, -0.25) is 19.2 Å². The highest BCUT2D eigenvalue weighted by atomic mass is 19.4. The normalized spacial score (nSPS) is 41.5. The molecule has 11 rings (SSSR count). The molecule has 22 atom stereocenters. The number of benzene rings is 2. The minimum atomic E-state index is -5.30. The van der Waals surface area contributed by atoms with E-state index in [0.29, 0.717) is 101 Å². The topological polar surface area (TPSA) is 192 Å². The maximum absolute atomic E-state index is 14.8. The number of hydrogen-bond donors (Lipinski definition) is 0. The molecule has 0 radical (unpaired) electrons.